The molecule has 0 bridgehead atoms. The molecule has 0 spiro atoms. The third-order valence-corrected chi connectivity index (χ3v) is 8.94. The van der Waals surface area contributed by atoms with Gasteiger partial charge in [-0.3, -0.25) is 0 Å². The highest BCUT2D eigenvalue weighted by molar-refractivity contribution is 6.74. The standard InChI is InChI=1S/C19H28O2Si/c1-7-8-11-15-14-18(21-22(5,6)19(2,3)4)16-12-9-10-13-17(16)20-15/h7,9-10,12-15H,1,8,11H2,2-6H3. The zero-order valence-corrected chi connectivity index (χ0v) is 15.5. The minimum Gasteiger partial charge on any atom is -0.543 e. The molecule has 120 valence electrons. The van der Waals surface area contributed by atoms with Crippen LogP contribution in [0.4, 0.5) is 0 Å². The lowest BCUT2D eigenvalue weighted by Gasteiger charge is -2.39. The molecule has 22 heavy (non-hydrogen) atoms. The van der Waals surface area contributed by atoms with Gasteiger partial charge < -0.3 is 9.16 Å². The molecule has 1 aliphatic heterocycles. The second-order valence-corrected chi connectivity index (χ2v) is 12.1. The number of para-hydroxylation sites is 1. The first-order valence-corrected chi connectivity index (χ1v) is 10.9. The fraction of sp³-hybridized carbons (Fsp3) is 0.474. The van der Waals surface area contributed by atoms with Crippen molar-refractivity contribution in [3.05, 3.63) is 48.6 Å². The molecule has 2 nitrogen and oxygen atoms in total. The summed E-state index contributed by atoms with van der Waals surface area (Å²) in [4.78, 5) is 0. The van der Waals surface area contributed by atoms with Crippen LogP contribution >= 0.6 is 0 Å². The Balaban J connectivity index is 2.32. The van der Waals surface area contributed by atoms with Gasteiger partial charge in [-0.15, -0.1) is 6.58 Å². The van der Waals surface area contributed by atoms with Gasteiger partial charge in [-0.2, -0.15) is 0 Å². The van der Waals surface area contributed by atoms with Crippen LogP contribution in [0.2, 0.25) is 18.1 Å². The summed E-state index contributed by atoms with van der Waals surface area (Å²) in [5.74, 6) is 1.91. The highest BCUT2D eigenvalue weighted by Crippen LogP contribution is 2.42. The van der Waals surface area contributed by atoms with Crippen LogP contribution in [0.5, 0.6) is 5.75 Å². The number of hydrogen-bond donors (Lipinski definition) is 0. The van der Waals surface area contributed by atoms with E-state index in [9.17, 15) is 0 Å². The Hall–Kier alpha value is -1.48. The molecule has 0 N–H and O–H groups in total. The van der Waals surface area contributed by atoms with Gasteiger partial charge in [0.1, 0.15) is 17.6 Å². The first kappa shape index (κ1) is 16.9. The van der Waals surface area contributed by atoms with Crippen molar-refractivity contribution >= 4 is 14.1 Å². The summed E-state index contributed by atoms with van der Waals surface area (Å²) in [6, 6.07) is 8.16. The molecule has 2 rings (SSSR count). The molecule has 0 saturated carbocycles. The van der Waals surface area contributed by atoms with E-state index in [1.54, 1.807) is 0 Å². The molecule has 1 atom stereocenters. The van der Waals surface area contributed by atoms with E-state index in [0.29, 0.717) is 0 Å². The van der Waals surface area contributed by atoms with Gasteiger partial charge in [0.05, 0.1) is 5.56 Å². The maximum Gasteiger partial charge on any atom is 0.250 e. The van der Waals surface area contributed by atoms with E-state index in [1.807, 2.05) is 24.3 Å². The number of allylic oxidation sites excluding steroid dienone is 1. The van der Waals surface area contributed by atoms with Crippen LogP contribution < -0.4 is 4.74 Å². The van der Waals surface area contributed by atoms with Crippen LogP contribution in [-0.2, 0) is 4.43 Å². The van der Waals surface area contributed by atoms with Crippen molar-refractivity contribution in [3.8, 4) is 5.75 Å². The molecule has 1 aliphatic rings. The predicted molar refractivity (Wildman–Crippen MR) is 96.5 cm³/mol. The predicted octanol–water partition coefficient (Wildman–Crippen LogP) is 5.78. The Bertz CT molecular complexity index is 567. The van der Waals surface area contributed by atoms with E-state index in [1.165, 1.54) is 0 Å². The van der Waals surface area contributed by atoms with E-state index >= 15 is 0 Å². The summed E-state index contributed by atoms with van der Waals surface area (Å²) < 4.78 is 12.6. The quantitative estimate of drug-likeness (QED) is 0.506. The Kier molecular flexibility index (Phi) is 4.86. The first-order chi connectivity index (χ1) is 10.2. The summed E-state index contributed by atoms with van der Waals surface area (Å²) in [6.07, 6.45) is 6.02. The summed E-state index contributed by atoms with van der Waals surface area (Å²) in [6.45, 7) is 15.2. The van der Waals surface area contributed by atoms with Crippen LogP contribution in [0.1, 0.15) is 39.2 Å². The van der Waals surface area contributed by atoms with Crippen molar-refractivity contribution in [2.75, 3.05) is 0 Å². The van der Waals surface area contributed by atoms with Crippen molar-refractivity contribution in [2.24, 2.45) is 0 Å². The van der Waals surface area contributed by atoms with Gasteiger partial charge in [0, 0.05) is 0 Å². The molecule has 0 aromatic heterocycles. The van der Waals surface area contributed by atoms with Crippen LogP contribution in [0, 0.1) is 0 Å². The highest BCUT2D eigenvalue weighted by atomic mass is 28.4. The number of fused-ring (bicyclic) bond motifs is 1. The van der Waals surface area contributed by atoms with E-state index in [0.717, 1.165) is 29.9 Å². The molecule has 0 saturated heterocycles. The number of hydrogen-bond acceptors (Lipinski definition) is 2. The molecule has 1 heterocycles. The Morgan fingerprint density at radius 2 is 1.95 bits per heavy atom. The first-order valence-electron chi connectivity index (χ1n) is 8.02. The van der Waals surface area contributed by atoms with Crippen LogP contribution in [-0.4, -0.2) is 14.4 Å². The van der Waals surface area contributed by atoms with Crippen molar-refractivity contribution in [2.45, 2.75) is 57.8 Å². The molecule has 0 amide bonds. The van der Waals surface area contributed by atoms with Gasteiger partial charge in [-0.05, 0) is 49.2 Å². The third kappa shape index (κ3) is 3.64. The molecule has 0 aliphatic carbocycles. The van der Waals surface area contributed by atoms with E-state index < -0.39 is 8.32 Å². The summed E-state index contributed by atoms with van der Waals surface area (Å²) >= 11 is 0. The summed E-state index contributed by atoms with van der Waals surface area (Å²) in [5, 5.41) is 0.178. The monoisotopic (exact) mass is 316 g/mol. The molecular weight excluding hydrogens is 288 g/mol. The normalized spacial score (nSPS) is 18.0. The Morgan fingerprint density at radius 3 is 2.59 bits per heavy atom. The van der Waals surface area contributed by atoms with Crippen molar-refractivity contribution in [3.63, 3.8) is 0 Å². The minimum absolute atomic E-state index is 0.0627. The van der Waals surface area contributed by atoms with Gasteiger partial charge in [0.25, 0.3) is 0 Å². The smallest absolute Gasteiger partial charge is 0.250 e. The molecular formula is C19H28O2Si. The van der Waals surface area contributed by atoms with E-state index in [-0.39, 0.29) is 11.1 Å². The second-order valence-electron chi connectivity index (χ2n) is 7.41. The molecule has 3 heteroatoms. The zero-order valence-electron chi connectivity index (χ0n) is 14.5. The van der Waals surface area contributed by atoms with Crippen molar-refractivity contribution in [1.29, 1.82) is 0 Å². The van der Waals surface area contributed by atoms with Crippen LogP contribution in [0.3, 0.4) is 0 Å². The number of rotatable bonds is 5. The summed E-state index contributed by atoms with van der Waals surface area (Å²) in [5.41, 5.74) is 1.07. The van der Waals surface area contributed by atoms with Gasteiger partial charge in [-0.1, -0.05) is 39.0 Å². The second kappa shape index (κ2) is 6.33. The van der Waals surface area contributed by atoms with Gasteiger partial charge in [-0.25, -0.2) is 0 Å². The maximum atomic E-state index is 6.57. The lowest BCUT2D eigenvalue weighted by molar-refractivity contribution is 0.229. The Morgan fingerprint density at radius 1 is 1.27 bits per heavy atom. The lowest BCUT2D eigenvalue weighted by Crippen LogP contribution is -2.40. The molecule has 0 radical (unpaired) electrons. The van der Waals surface area contributed by atoms with Crippen molar-refractivity contribution in [1.82, 2.24) is 0 Å². The van der Waals surface area contributed by atoms with Gasteiger partial charge in [0.2, 0.25) is 8.32 Å². The maximum absolute atomic E-state index is 6.57. The van der Waals surface area contributed by atoms with Crippen molar-refractivity contribution < 1.29 is 9.16 Å². The van der Waals surface area contributed by atoms with Crippen LogP contribution in [0.15, 0.2) is 43.0 Å². The lowest BCUT2D eigenvalue weighted by atomic mass is 10.1. The van der Waals surface area contributed by atoms with Gasteiger partial charge >= 0.3 is 0 Å². The number of ether oxygens (including phenoxy) is 1. The SMILES string of the molecule is C=CCCC1C=C(O[Si](C)(C)C(C)(C)C)c2ccccc2O1. The average Bonchev–Trinajstić information content (AvgIpc) is 2.43. The topological polar surface area (TPSA) is 18.5 Å². The zero-order chi connectivity index (χ0) is 16.4. The fourth-order valence-electron chi connectivity index (χ4n) is 2.17. The number of benzene rings is 1. The van der Waals surface area contributed by atoms with Gasteiger partial charge in [0.15, 0.2) is 0 Å². The molecule has 1 aromatic carbocycles. The van der Waals surface area contributed by atoms with Crippen LogP contribution in [0.25, 0.3) is 5.76 Å². The third-order valence-electron chi connectivity index (χ3n) is 4.59. The Labute approximate surface area is 136 Å². The minimum atomic E-state index is -1.87. The van der Waals surface area contributed by atoms with E-state index in [4.69, 9.17) is 9.16 Å². The molecule has 1 aromatic rings. The highest BCUT2D eigenvalue weighted by Gasteiger charge is 2.40. The van der Waals surface area contributed by atoms with E-state index in [2.05, 4.69) is 52.6 Å². The molecule has 1 unspecified atom stereocenters. The largest absolute Gasteiger partial charge is 0.543 e. The molecule has 0 fully saturated rings. The summed E-state index contributed by atoms with van der Waals surface area (Å²) in [7, 11) is -1.87. The average molecular weight is 317 g/mol. The fourth-order valence-corrected chi connectivity index (χ4v) is 3.20.